The van der Waals surface area contributed by atoms with Gasteiger partial charge in [0.05, 0.1) is 17.9 Å². The zero-order chi connectivity index (χ0) is 20.9. The fraction of sp³-hybridized carbons (Fsp3) is 0.333. The molecule has 0 aliphatic carbocycles. The molecule has 3 heterocycles. The minimum Gasteiger partial charge on any atom is -0.456 e. The summed E-state index contributed by atoms with van der Waals surface area (Å²) in [5.41, 5.74) is 3.13. The van der Waals surface area contributed by atoms with Crippen molar-refractivity contribution in [2.45, 2.75) is 45.3 Å². The predicted octanol–water partition coefficient (Wildman–Crippen LogP) is 6.05. The number of amides is 1. The van der Waals surface area contributed by atoms with Crippen LogP contribution in [-0.2, 0) is 4.74 Å². The van der Waals surface area contributed by atoms with E-state index in [0.29, 0.717) is 6.54 Å². The second-order valence-electron chi connectivity index (χ2n) is 8.82. The minimum atomic E-state index is -0.513. The van der Waals surface area contributed by atoms with E-state index in [4.69, 9.17) is 9.15 Å². The van der Waals surface area contributed by atoms with Gasteiger partial charge in [-0.15, -0.1) is 0 Å². The second-order valence-corrected chi connectivity index (χ2v) is 8.82. The maximum Gasteiger partial charge on any atom is 0.410 e. The molecule has 1 aliphatic heterocycles. The Labute approximate surface area is 174 Å². The number of likely N-dealkylation sites (tertiary alicyclic amines) is 1. The Morgan fingerprint density at radius 3 is 2.80 bits per heavy atom. The SMILES string of the molecule is CC(C)(C)OC(=O)N1CCCC1c1ncc(-c2ccc3c(c2)oc2ccccc23)[nH]1. The first-order valence-corrected chi connectivity index (χ1v) is 10.4. The summed E-state index contributed by atoms with van der Waals surface area (Å²) in [6, 6.07) is 14.1. The minimum absolute atomic E-state index is 0.0940. The first kappa shape index (κ1) is 18.7. The van der Waals surface area contributed by atoms with Crippen LogP contribution < -0.4 is 0 Å². The molecule has 0 bridgehead atoms. The molecule has 2 aromatic carbocycles. The molecule has 1 N–H and O–H groups in total. The van der Waals surface area contributed by atoms with Gasteiger partial charge in [0.1, 0.15) is 22.6 Å². The highest BCUT2D eigenvalue weighted by Gasteiger charge is 2.34. The maximum absolute atomic E-state index is 12.6. The van der Waals surface area contributed by atoms with E-state index in [-0.39, 0.29) is 12.1 Å². The maximum atomic E-state index is 12.6. The number of rotatable bonds is 2. The van der Waals surface area contributed by atoms with E-state index < -0.39 is 5.60 Å². The fourth-order valence-corrected chi connectivity index (χ4v) is 4.14. The Kier molecular flexibility index (Phi) is 4.31. The number of para-hydroxylation sites is 1. The highest BCUT2D eigenvalue weighted by atomic mass is 16.6. The number of furan rings is 1. The smallest absolute Gasteiger partial charge is 0.410 e. The summed E-state index contributed by atoms with van der Waals surface area (Å²) in [6.45, 7) is 6.33. The number of nitrogens with one attached hydrogen (secondary N) is 1. The number of imidazole rings is 1. The van der Waals surface area contributed by atoms with E-state index >= 15 is 0 Å². The van der Waals surface area contributed by atoms with Crippen LogP contribution in [-0.4, -0.2) is 33.1 Å². The molecule has 1 aliphatic rings. The van der Waals surface area contributed by atoms with Crippen LogP contribution in [0.15, 0.2) is 53.1 Å². The van der Waals surface area contributed by atoms with Gasteiger partial charge in [-0.05, 0) is 51.8 Å². The van der Waals surface area contributed by atoms with Crippen LogP contribution in [0.5, 0.6) is 0 Å². The van der Waals surface area contributed by atoms with Crippen molar-refractivity contribution in [1.29, 1.82) is 0 Å². The van der Waals surface area contributed by atoms with Crippen molar-refractivity contribution in [3.8, 4) is 11.3 Å². The van der Waals surface area contributed by atoms with Gasteiger partial charge in [-0.2, -0.15) is 0 Å². The van der Waals surface area contributed by atoms with Crippen molar-refractivity contribution in [3.05, 3.63) is 54.5 Å². The third-order valence-electron chi connectivity index (χ3n) is 5.48. The summed E-state index contributed by atoms with van der Waals surface area (Å²) >= 11 is 0. The highest BCUT2D eigenvalue weighted by Crippen LogP contribution is 2.34. The molecule has 0 saturated carbocycles. The lowest BCUT2D eigenvalue weighted by molar-refractivity contribution is 0.0218. The zero-order valence-electron chi connectivity index (χ0n) is 17.4. The number of hydrogen-bond acceptors (Lipinski definition) is 4. The first-order valence-electron chi connectivity index (χ1n) is 10.4. The van der Waals surface area contributed by atoms with Gasteiger partial charge in [0, 0.05) is 22.9 Å². The topological polar surface area (TPSA) is 71.4 Å². The van der Waals surface area contributed by atoms with Gasteiger partial charge < -0.3 is 14.1 Å². The molecule has 2 aromatic heterocycles. The summed E-state index contributed by atoms with van der Waals surface area (Å²) in [6.07, 6.45) is 3.34. The molecule has 154 valence electrons. The summed E-state index contributed by atoms with van der Waals surface area (Å²) in [4.78, 5) is 22.4. The van der Waals surface area contributed by atoms with Crippen molar-refractivity contribution in [3.63, 3.8) is 0 Å². The van der Waals surface area contributed by atoms with Crippen molar-refractivity contribution < 1.29 is 13.9 Å². The molecule has 1 unspecified atom stereocenters. The van der Waals surface area contributed by atoms with E-state index in [9.17, 15) is 4.79 Å². The average molecular weight is 403 g/mol. The molecule has 6 nitrogen and oxygen atoms in total. The molecule has 1 saturated heterocycles. The van der Waals surface area contributed by atoms with E-state index in [1.54, 1.807) is 4.90 Å². The van der Waals surface area contributed by atoms with Crippen molar-refractivity contribution >= 4 is 28.0 Å². The monoisotopic (exact) mass is 403 g/mol. The Balaban J connectivity index is 1.43. The molecule has 6 heteroatoms. The number of ether oxygens (including phenoxy) is 1. The Hall–Kier alpha value is -3.28. The lowest BCUT2D eigenvalue weighted by Crippen LogP contribution is -2.36. The number of carbonyl (C=O) groups excluding carboxylic acids is 1. The molecular weight excluding hydrogens is 378 g/mol. The van der Waals surface area contributed by atoms with Gasteiger partial charge in [0.2, 0.25) is 0 Å². The van der Waals surface area contributed by atoms with E-state index in [0.717, 1.165) is 51.9 Å². The van der Waals surface area contributed by atoms with Gasteiger partial charge in [-0.1, -0.05) is 24.3 Å². The van der Waals surface area contributed by atoms with Crippen LogP contribution in [0.1, 0.15) is 45.5 Å². The number of nitrogens with zero attached hydrogens (tertiary/aromatic N) is 2. The van der Waals surface area contributed by atoms with Gasteiger partial charge in [-0.25, -0.2) is 9.78 Å². The second kappa shape index (κ2) is 6.90. The predicted molar refractivity (Wildman–Crippen MR) is 116 cm³/mol. The number of hydrogen-bond donors (Lipinski definition) is 1. The number of carbonyl (C=O) groups is 1. The molecule has 0 spiro atoms. The standard InChI is InChI=1S/C24H25N3O3/c1-24(2,3)30-23(28)27-12-6-8-19(27)22-25-14-18(26-22)15-10-11-17-16-7-4-5-9-20(16)29-21(17)13-15/h4-5,7,9-11,13-14,19H,6,8,12H2,1-3H3,(H,25,26). The van der Waals surface area contributed by atoms with E-state index in [1.165, 1.54) is 0 Å². The number of aromatic amines is 1. The van der Waals surface area contributed by atoms with E-state index in [2.05, 4.69) is 28.2 Å². The van der Waals surface area contributed by atoms with Crippen LogP contribution >= 0.6 is 0 Å². The summed E-state index contributed by atoms with van der Waals surface area (Å²) < 4.78 is 11.6. The van der Waals surface area contributed by atoms with Crippen LogP contribution in [0.25, 0.3) is 33.2 Å². The normalized spacial score (nSPS) is 17.2. The Morgan fingerprint density at radius 1 is 1.17 bits per heavy atom. The van der Waals surface area contributed by atoms with E-state index in [1.807, 2.05) is 51.2 Å². The van der Waals surface area contributed by atoms with Crippen molar-refractivity contribution in [2.24, 2.45) is 0 Å². The fourth-order valence-electron chi connectivity index (χ4n) is 4.14. The molecule has 5 rings (SSSR count). The quantitative estimate of drug-likeness (QED) is 0.442. The first-order chi connectivity index (χ1) is 14.4. The molecule has 4 aromatic rings. The number of aromatic nitrogens is 2. The Morgan fingerprint density at radius 2 is 1.97 bits per heavy atom. The number of fused-ring (bicyclic) bond motifs is 3. The summed E-state index contributed by atoms with van der Waals surface area (Å²) in [7, 11) is 0. The summed E-state index contributed by atoms with van der Waals surface area (Å²) in [5, 5.41) is 2.21. The van der Waals surface area contributed by atoms with Gasteiger partial charge in [-0.3, -0.25) is 4.90 Å². The molecule has 1 fully saturated rings. The lowest BCUT2D eigenvalue weighted by Gasteiger charge is -2.27. The van der Waals surface area contributed by atoms with Crippen LogP contribution in [0.3, 0.4) is 0 Å². The van der Waals surface area contributed by atoms with Crippen LogP contribution in [0, 0.1) is 0 Å². The van der Waals surface area contributed by atoms with Gasteiger partial charge >= 0.3 is 6.09 Å². The average Bonchev–Trinajstić information content (AvgIpc) is 3.43. The Bertz CT molecular complexity index is 1230. The molecular formula is C24H25N3O3. The van der Waals surface area contributed by atoms with Crippen molar-refractivity contribution in [2.75, 3.05) is 6.54 Å². The van der Waals surface area contributed by atoms with Crippen molar-refractivity contribution in [1.82, 2.24) is 14.9 Å². The zero-order valence-corrected chi connectivity index (χ0v) is 17.4. The highest BCUT2D eigenvalue weighted by molar-refractivity contribution is 6.05. The van der Waals surface area contributed by atoms with Crippen LogP contribution in [0.4, 0.5) is 4.79 Å². The number of benzene rings is 2. The third-order valence-corrected chi connectivity index (χ3v) is 5.48. The van der Waals surface area contributed by atoms with Crippen LogP contribution in [0.2, 0.25) is 0 Å². The molecule has 0 radical (unpaired) electrons. The summed E-state index contributed by atoms with van der Waals surface area (Å²) in [5.74, 6) is 0.790. The molecule has 30 heavy (non-hydrogen) atoms. The molecule has 1 atom stereocenters. The number of H-pyrrole nitrogens is 1. The molecule has 1 amide bonds. The lowest BCUT2D eigenvalue weighted by atomic mass is 10.1. The largest absolute Gasteiger partial charge is 0.456 e. The van der Waals surface area contributed by atoms with Gasteiger partial charge in [0.15, 0.2) is 0 Å². The van der Waals surface area contributed by atoms with Gasteiger partial charge in [0.25, 0.3) is 0 Å². The third kappa shape index (κ3) is 3.32.